The van der Waals surface area contributed by atoms with Crippen molar-refractivity contribution < 1.29 is 23.2 Å². The molecule has 26 heavy (non-hydrogen) atoms. The number of amides is 1. The fourth-order valence-electron chi connectivity index (χ4n) is 3.75. The monoisotopic (exact) mass is 368 g/mol. The van der Waals surface area contributed by atoms with Crippen LogP contribution in [0.5, 0.6) is 0 Å². The minimum Gasteiger partial charge on any atom is -0.393 e. The maximum absolute atomic E-state index is 13.1. The number of nitrogens with one attached hydrogen (secondary N) is 2. The van der Waals surface area contributed by atoms with Crippen molar-refractivity contribution in [3.05, 3.63) is 35.4 Å². The van der Waals surface area contributed by atoms with Crippen molar-refractivity contribution >= 4 is 5.91 Å². The van der Waals surface area contributed by atoms with Crippen LogP contribution in [0.4, 0.5) is 8.78 Å². The van der Waals surface area contributed by atoms with E-state index in [0.717, 1.165) is 42.5 Å². The average Bonchev–Trinajstić information content (AvgIpc) is 2.97. The highest BCUT2D eigenvalue weighted by atomic mass is 19.3. The Bertz CT molecular complexity index is 628. The highest BCUT2D eigenvalue weighted by molar-refractivity contribution is 5.82. The molecule has 1 unspecified atom stereocenters. The second-order valence-corrected chi connectivity index (χ2v) is 7.98. The normalized spacial score (nSPS) is 30.9. The fraction of sp³-hybridized carbons (Fsp3) is 0.632. The minimum atomic E-state index is -2.80. The number of hydrogen-bond donors (Lipinski definition) is 3. The highest BCUT2D eigenvalue weighted by Gasteiger charge is 2.42. The van der Waals surface area contributed by atoms with Crippen molar-refractivity contribution in [1.82, 2.24) is 10.6 Å². The van der Waals surface area contributed by atoms with E-state index in [2.05, 4.69) is 29.8 Å². The fourth-order valence-corrected chi connectivity index (χ4v) is 3.75. The number of aliphatic hydroxyl groups is 1. The summed E-state index contributed by atoms with van der Waals surface area (Å²) < 4.78 is 27.2. The lowest BCUT2D eigenvalue weighted by molar-refractivity contribution is -0.928. The van der Waals surface area contributed by atoms with Crippen LogP contribution >= 0.6 is 0 Å². The van der Waals surface area contributed by atoms with Crippen molar-refractivity contribution in [3.63, 3.8) is 0 Å². The zero-order chi connectivity index (χ0) is 18.8. The molecular formula is C19H28F2N3O2+. The zero-order valence-corrected chi connectivity index (χ0v) is 15.2. The van der Waals surface area contributed by atoms with E-state index >= 15 is 0 Å². The molecule has 0 saturated carbocycles. The maximum Gasteiger partial charge on any atom is 0.262 e. The second kappa shape index (κ2) is 7.58. The van der Waals surface area contributed by atoms with Crippen molar-refractivity contribution in [3.8, 4) is 0 Å². The smallest absolute Gasteiger partial charge is 0.262 e. The number of benzene rings is 1. The summed E-state index contributed by atoms with van der Waals surface area (Å²) in [5.41, 5.74) is 2.17. The van der Waals surface area contributed by atoms with Crippen LogP contribution in [0.3, 0.4) is 0 Å². The van der Waals surface area contributed by atoms with Crippen LogP contribution < -0.4 is 10.6 Å². The molecule has 2 aliphatic rings. The van der Waals surface area contributed by atoms with Gasteiger partial charge in [-0.25, -0.2) is 8.78 Å². The lowest BCUT2D eigenvalue weighted by Crippen LogP contribution is -2.50. The summed E-state index contributed by atoms with van der Waals surface area (Å²) in [6.45, 7) is 2.76. The first kappa shape index (κ1) is 19.2. The molecule has 1 atom stereocenters. The number of likely N-dealkylation sites (tertiary alicyclic amines) is 1. The molecule has 1 aromatic rings. The SMILES string of the molecule is C[N+]1(Cc2ccc(CNC(=O)C3CC(F)(F)CN3)cc2)CCC(O)CC1. The Morgan fingerprint density at radius 3 is 2.46 bits per heavy atom. The van der Waals surface area contributed by atoms with E-state index < -0.39 is 24.9 Å². The summed E-state index contributed by atoms with van der Waals surface area (Å²) in [4.78, 5) is 12.0. The first-order valence-corrected chi connectivity index (χ1v) is 9.23. The van der Waals surface area contributed by atoms with Crippen LogP contribution in [0, 0.1) is 0 Å². The molecule has 144 valence electrons. The van der Waals surface area contributed by atoms with E-state index in [9.17, 15) is 18.7 Å². The lowest BCUT2D eigenvalue weighted by Gasteiger charge is -2.39. The van der Waals surface area contributed by atoms with Gasteiger partial charge in [0, 0.05) is 31.4 Å². The van der Waals surface area contributed by atoms with Gasteiger partial charge in [0.2, 0.25) is 5.91 Å². The van der Waals surface area contributed by atoms with Crippen molar-refractivity contribution in [2.24, 2.45) is 0 Å². The molecular weight excluding hydrogens is 340 g/mol. The number of quaternary nitrogens is 1. The van der Waals surface area contributed by atoms with Crippen molar-refractivity contribution in [2.45, 2.75) is 50.4 Å². The molecule has 2 aliphatic heterocycles. The number of carbonyl (C=O) groups is 1. The van der Waals surface area contributed by atoms with E-state index in [0.29, 0.717) is 6.54 Å². The van der Waals surface area contributed by atoms with Gasteiger partial charge in [-0.05, 0) is 5.56 Å². The molecule has 2 fully saturated rings. The average molecular weight is 368 g/mol. The Morgan fingerprint density at radius 2 is 1.88 bits per heavy atom. The van der Waals surface area contributed by atoms with Gasteiger partial charge >= 0.3 is 0 Å². The summed E-state index contributed by atoms with van der Waals surface area (Å²) in [6, 6.07) is 7.23. The number of hydrogen-bond acceptors (Lipinski definition) is 3. The number of rotatable bonds is 5. The molecule has 0 aromatic heterocycles. The predicted octanol–water partition coefficient (Wildman–Crippen LogP) is 1.40. The van der Waals surface area contributed by atoms with Crippen molar-refractivity contribution in [1.29, 1.82) is 0 Å². The largest absolute Gasteiger partial charge is 0.393 e. The van der Waals surface area contributed by atoms with E-state index in [4.69, 9.17) is 0 Å². The van der Waals surface area contributed by atoms with Crippen LogP contribution in [-0.2, 0) is 17.9 Å². The maximum atomic E-state index is 13.1. The number of piperidine rings is 1. The van der Waals surface area contributed by atoms with Gasteiger partial charge < -0.3 is 14.9 Å². The summed E-state index contributed by atoms with van der Waals surface area (Å²) in [6.07, 6.45) is 1.08. The number of carbonyl (C=O) groups excluding carboxylic acids is 1. The van der Waals surface area contributed by atoms with E-state index in [1.165, 1.54) is 5.56 Å². The topological polar surface area (TPSA) is 61.4 Å². The third kappa shape index (κ3) is 4.99. The first-order valence-electron chi connectivity index (χ1n) is 9.23. The molecule has 7 heteroatoms. The Balaban J connectivity index is 1.48. The Labute approximate surface area is 153 Å². The summed E-state index contributed by atoms with van der Waals surface area (Å²) in [7, 11) is 2.21. The molecule has 1 aromatic carbocycles. The molecule has 5 nitrogen and oxygen atoms in total. The van der Waals surface area contributed by atoms with Crippen LogP contribution in [0.2, 0.25) is 0 Å². The summed E-state index contributed by atoms with van der Waals surface area (Å²) in [5.74, 6) is -3.18. The van der Waals surface area contributed by atoms with Gasteiger partial charge in [0.15, 0.2) is 0 Å². The molecule has 3 N–H and O–H groups in total. The van der Waals surface area contributed by atoms with Gasteiger partial charge in [-0.15, -0.1) is 0 Å². The molecule has 2 saturated heterocycles. The Kier molecular flexibility index (Phi) is 5.60. The van der Waals surface area contributed by atoms with Gasteiger partial charge in [0.25, 0.3) is 5.92 Å². The zero-order valence-electron chi connectivity index (χ0n) is 15.2. The van der Waals surface area contributed by atoms with Gasteiger partial charge in [-0.1, -0.05) is 24.3 Å². The van der Waals surface area contributed by atoms with Crippen molar-refractivity contribution in [2.75, 3.05) is 26.7 Å². The van der Waals surface area contributed by atoms with Gasteiger partial charge in [0.1, 0.15) is 6.54 Å². The van der Waals surface area contributed by atoms with Crippen LogP contribution in [-0.4, -0.2) is 60.2 Å². The molecule has 2 heterocycles. The quantitative estimate of drug-likeness (QED) is 0.689. The Morgan fingerprint density at radius 1 is 1.27 bits per heavy atom. The molecule has 0 aliphatic carbocycles. The highest BCUT2D eigenvalue weighted by Crippen LogP contribution is 2.25. The molecule has 1 amide bonds. The summed E-state index contributed by atoms with van der Waals surface area (Å²) in [5, 5.41) is 15.0. The standard InChI is InChI=1S/C19H27F2N3O2/c1-24(8-6-16(25)7-9-24)12-15-4-2-14(3-5-15)11-22-18(26)17-10-19(20,21)13-23-17/h2-5,16-17,23,25H,6-13H2,1H3/p+1. The van der Waals surface area contributed by atoms with E-state index in [1.54, 1.807) is 0 Å². The van der Waals surface area contributed by atoms with Gasteiger partial charge in [-0.2, -0.15) is 0 Å². The molecule has 0 radical (unpaired) electrons. The second-order valence-electron chi connectivity index (χ2n) is 7.98. The van der Waals surface area contributed by atoms with Gasteiger partial charge in [-0.3, -0.25) is 10.1 Å². The number of aliphatic hydroxyl groups excluding tert-OH is 1. The van der Waals surface area contributed by atoms with Crippen LogP contribution in [0.25, 0.3) is 0 Å². The third-order valence-corrected chi connectivity index (χ3v) is 5.48. The molecule has 0 bridgehead atoms. The number of halogens is 2. The summed E-state index contributed by atoms with van der Waals surface area (Å²) >= 11 is 0. The minimum absolute atomic E-state index is 0.165. The van der Waals surface area contributed by atoms with Gasteiger partial charge in [0.05, 0.1) is 38.8 Å². The lowest BCUT2D eigenvalue weighted by atomic mass is 10.0. The third-order valence-electron chi connectivity index (χ3n) is 5.48. The van der Waals surface area contributed by atoms with E-state index in [-0.39, 0.29) is 12.0 Å². The van der Waals surface area contributed by atoms with Crippen LogP contribution in [0.15, 0.2) is 24.3 Å². The van der Waals surface area contributed by atoms with Crippen LogP contribution in [0.1, 0.15) is 30.4 Å². The predicted molar refractivity (Wildman–Crippen MR) is 94.5 cm³/mol. The Hall–Kier alpha value is -1.57. The van der Waals surface area contributed by atoms with E-state index in [1.807, 2.05) is 12.1 Å². The first-order chi connectivity index (χ1) is 12.2. The number of nitrogens with zero attached hydrogens (tertiary/aromatic N) is 1. The number of alkyl halides is 2. The molecule has 0 spiro atoms. The molecule has 3 rings (SSSR count).